The fourth-order valence-electron chi connectivity index (χ4n) is 20.7. The molecule has 0 saturated heterocycles. The van der Waals surface area contributed by atoms with E-state index in [0.29, 0.717) is 6.42 Å². The summed E-state index contributed by atoms with van der Waals surface area (Å²) in [6.07, 6.45) is 3.07. The van der Waals surface area contributed by atoms with E-state index in [1.54, 1.807) is 85.3 Å². The molecule has 21 heteroatoms. The molecule has 0 fully saturated rings. The summed E-state index contributed by atoms with van der Waals surface area (Å²) >= 11 is 0. The smallest absolute Gasteiger partial charge is 0.119 e. The zero-order valence-corrected chi connectivity index (χ0v) is 84.4. The molecule has 0 spiro atoms. The SMILES string of the molecule is COc1ccc(N(C2=Cc3c(c4ccc(N(c5ccc(OC)cc5)c5ccc(OC)cc5)cc4n3-c3cc(-n4c5cc(N(c6ccc(OC)cc6)c6ccc(OC)cc6)ccc5c5ccc(N(c6ccc(OC)cc6)c6ccc(OC)cc6)cc54)cc(-n4c5cc(N(c6ccc(OC)cc6)c6ccc(OC)cc6)ccc5c5ccc(N(c6ccc(OC)cc6)c6ccc(OC)cc6)cc54)c3)CC2C)c2ccc(OC)cc2)cc1. The fourth-order valence-corrected chi connectivity index (χ4v) is 20.7. The van der Waals surface area contributed by atoms with Crippen LogP contribution in [0.5, 0.6) is 69.0 Å². The van der Waals surface area contributed by atoms with Gasteiger partial charge in [-0.15, -0.1) is 0 Å². The first-order valence-electron chi connectivity index (χ1n) is 48.9. The van der Waals surface area contributed by atoms with Gasteiger partial charge in [0, 0.05) is 135 Å². The van der Waals surface area contributed by atoms with Crippen LogP contribution in [0.3, 0.4) is 0 Å². The predicted molar refractivity (Wildman–Crippen MR) is 600 cm³/mol. The summed E-state index contributed by atoms with van der Waals surface area (Å²) in [5.74, 6) is 8.63. The number of anilines is 17. The first kappa shape index (κ1) is 94.2. The van der Waals surface area contributed by atoms with Crippen molar-refractivity contribution in [1.29, 1.82) is 0 Å². The third kappa shape index (κ3) is 17.7. The summed E-state index contributed by atoms with van der Waals surface area (Å²) in [6, 6.07) is 141. The zero-order chi connectivity index (χ0) is 101. The molecule has 0 bridgehead atoms. The molecule has 148 heavy (non-hydrogen) atoms. The van der Waals surface area contributed by atoms with Gasteiger partial charge in [0.05, 0.1) is 136 Å². The largest absolute Gasteiger partial charge is 0.497 e. The zero-order valence-electron chi connectivity index (χ0n) is 84.4. The first-order valence-corrected chi connectivity index (χ1v) is 48.9. The van der Waals surface area contributed by atoms with Crippen LogP contribution in [0.2, 0.25) is 0 Å². The Bertz CT molecular complexity index is 7500. The highest BCUT2D eigenvalue weighted by atomic mass is 16.5. The predicted octanol–water partition coefficient (Wildman–Crippen LogP) is 31.6. The van der Waals surface area contributed by atoms with Crippen molar-refractivity contribution in [3.8, 4) is 86.1 Å². The number of benzene rings is 18. The molecule has 0 amide bonds. The molecule has 21 aromatic rings. The van der Waals surface area contributed by atoms with Crippen molar-refractivity contribution >= 4 is 157 Å². The van der Waals surface area contributed by atoms with E-state index in [4.69, 9.17) is 56.8 Å². The van der Waals surface area contributed by atoms with Gasteiger partial charge in [-0.2, -0.15) is 0 Å². The lowest BCUT2D eigenvalue weighted by Gasteiger charge is -2.34. The number of ether oxygens (including phenoxy) is 12. The van der Waals surface area contributed by atoms with Gasteiger partial charge >= 0.3 is 0 Å². The molecule has 0 N–H and O–H groups in total. The Morgan fingerprint density at radius 1 is 0.176 bits per heavy atom. The van der Waals surface area contributed by atoms with Crippen LogP contribution in [0, 0.1) is 5.92 Å². The van der Waals surface area contributed by atoms with Crippen LogP contribution in [0.4, 0.5) is 96.7 Å². The lowest BCUT2D eigenvalue weighted by molar-refractivity contribution is 0.414. The number of nitrogens with zero attached hydrogens (tertiary/aromatic N) is 9. The minimum Gasteiger partial charge on any atom is -0.497 e. The van der Waals surface area contributed by atoms with Crippen LogP contribution < -0.4 is 86.2 Å². The van der Waals surface area contributed by atoms with Gasteiger partial charge in [0.1, 0.15) is 69.0 Å². The van der Waals surface area contributed by atoms with Gasteiger partial charge < -0.3 is 99.9 Å². The fraction of sp³-hybridized carbons (Fsp3) is 0.118. The summed E-state index contributed by atoms with van der Waals surface area (Å²) in [5, 5.41) is 5.04. The number of methoxy groups -OCH3 is 12. The topological polar surface area (TPSA) is 145 Å². The third-order valence-electron chi connectivity index (χ3n) is 28.0. The molecule has 21 nitrogen and oxygen atoms in total. The molecule has 0 saturated carbocycles. The molecule has 1 unspecified atom stereocenters. The lowest BCUT2D eigenvalue weighted by Crippen LogP contribution is -2.25. The molecule has 734 valence electrons. The van der Waals surface area contributed by atoms with E-state index in [-0.39, 0.29) is 5.92 Å². The monoisotopic (exact) mass is 1950 g/mol. The summed E-state index contributed by atoms with van der Waals surface area (Å²) in [6.45, 7) is 2.35. The van der Waals surface area contributed by atoms with E-state index >= 15 is 0 Å². The Labute approximate surface area is 859 Å². The number of rotatable bonds is 33. The Morgan fingerprint density at radius 3 is 0.514 bits per heavy atom. The van der Waals surface area contributed by atoms with Gasteiger partial charge in [0.2, 0.25) is 0 Å². The number of fused-ring (bicyclic) bond motifs is 9. The number of aromatic nitrogens is 3. The van der Waals surface area contributed by atoms with Crippen molar-refractivity contribution in [2.45, 2.75) is 13.3 Å². The van der Waals surface area contributed by atoms with Crippen molar-refractivity contribution in [1.82, 2.24) is 13.7 Å². The quantitative estimate of drug-likeness (QED) is 0.0384. The molecular formula is C127H109N9O12. The third-order valence-corrected chi connectivity index (χ3v) is 28.0. The second-order valence-corrected chi connectivity index (χ2v) is 36.1. The van der Waals surface area contributed by atoms with E-state index < -0.39 is 0 Å². The maximum absolute atomic E-state index is 5.93. The van der Waals surface area contributed by atoms with Crippen molar-refractivity contribution in [2.75, 3.05) is 115 Å². The molecule has 0 aliphatic heterocycles. The molecule has 1 aliphatic rings. The average molecular weight is 1950 g/mol. The first-order chi connectivity index (χ1) is 72.6. The molecular weight excluding hydrogens is 1840 g/mol. The van der Waals surface area contributed by atoms with E-state index in [2.05, 4.69) is 311 Å². The molecule has 3 heterocycles. The van der Waals surface area contributed by atoms with Gasteiger partial charge in [-0.3, -0.25) is 0 Å². The van der Waals surface area contributed by atoms with Crippen LogP contribution in [-0.2, 0) is 6.42 Å². The summed E-state index contributed by atoms with van der Waals surface area (Å²) in [4.78, 5) is 13.9. The second kappa shape index (κ2) is 40.6. The Morgan fingerprint density at radius 2 is 0.331 bits per heavy atom. The Balaban J connectivity index is 0.916. The van der Waals surface area contributed by atoms with Crippen molar-refractivity contribution < 1.29 is 56.8 Å². The highest BCUT2D eigenvalue weighted by Gasteiger charge is 2.34. The van der Waals surface area contributed by atoms with E-state index in [1.807, 2.05) is 146 Å². The molecule has 1 atom stereocenters. The number of hydrogen-bond acceptors (Lipinski definition) is 18. The van der Waals surface area contributed by atoms with Gasteiger partial charge in [-0.1, -0.05) is 37.3 Å². The molecule has 18 aromatic carbocycles. The van der Waals surface area contributed by atoms with Gasteiger partial charge in [0.15, 0.2) is 0 Å². The minimum absolute atomic E-state index is 0.0778. The van der Waals surface area contributed by atoms with E-state index in [0.717, 1.165) is 254 Å². The van der Waals surface area contributed by atoms with Crippen LogP contribution in [-0.4, -0.2) is 99.0 Å². The highest BCUT2D eigenvalue weighted by Crippen LogP contribution is 2.52. The van der Waals surface area contributed by atoms with Gasteiger partial charge in [0.25, 0.3) is 0 Å². The summed E-state index contributed by atoms with van der Waals surface area (Å²) < 4.78 is 78.3. The minimum atomic E-state index is -0.0778. The van der Waals surface area contributed by atoms with E-state index in [9.17, 15) is 0 Å². The van der Waals surface area contributed by atoms with Gasteiger partial charge in [-0.25, -0.2) is 0 Å². The van der Waals surface area contributed by atoms with E-state index in [1.165, 1.54) is 0 Å². The maximum atomic E-state index is 5.93. The Kier molecular flexibility index (Phi) is 25.8. The summed E-state index contributed by atoms with van der Waals surface area (Å²) in [5.41, 5.74) is 25.5. The normalized spacial score (nSPS) is 12.2. The molecule has 3 aromatic heterocycles. The molecule has 1 aliphatic carbocycles. The van der Waals surface area contributed by atoms with Crippen molar-refractivity contribution in [3.63, 3.8) is 0 Å². The lowest BCUT2D eigenvalue weighted by atomic mass is 9.89. The van der Waals surface area contributed by atoms with Crippen LogP contribution in [0.15, 0.2) is 406 Å². The molecule has 0 radical (unpaired) electrons. The average Bonchev–Trinajstić information content (AvgIpc) is 1.55. The van der Waals surface area contributed by atoms with Crippen LogP contribution >= 0.6 is 0 Å². The standard InChI is InChI=1S/C127H109N9O12/c1-82-72-120-119-71-42-99(132(91-30-59-111(145-10)60-31-91)92-32-61-112(146-11)62-33-92)80-126(119)136(127(120)81-121(82)133(93-34-63-113(147-12)64-35-93)94-36-65-114(148-13)66-37-94)102-74-100(134-122-76-95(128(83-14-43-103(137-2)44-15-83)84-16-45-104(138-3)46-17-84)38-67-115(122)116-68-39-96(77-123(116)134)129(85-18-47-105(139-4)48-19-85)86-20-49-106(140-5)50-21-86)73-101(75-102)135-124-78-97(130(87-22-51-107(141-6)52-23-87)88-24-53-108(142-7)54-25-88)40-69-117(124)118-70-41-98(79-125(118)135)131(89-26-55-109(143-8)56-27-89)90-28-57-110(144-9)58-29-90/h14-71,73-82H,72H2,1-13H3. The summed E-state index contributed by atoms with van der Waals surface area (Å²) in [7, 11) is 20.4. The van der Waals surface area contributed by atoms with Crippen molar-refractivity contribution in [2.24, 2.45) is 5.92 Å². The van der Waals surface area contributed by atoms with Gasteiger partial charge in [-0.05, 0) is 388 Å². The Hall–Kier alpha value is -18.8. The number of allylic oxidation sites excluding steroid dienone is 1. The number of hydrogen-bond donors (Lipinski definition) is 0. The second-order valence-electron chi connectivity index (χ2n) is 36.1. The van der Waals surface area contributed by atoms with Crippen LogP contribution in [0.1, 0.15) is 18.2 Å². The van der Waals surface area contributed by atoms with Crippen LogP contribution in [0.25, 0.3) is 77.7 Å². The highest BCUT2D eigenvalue weighted by molar-refractivity contribution is 6.14. The van der Waals surface area contributed by atoms with Crippen molar-refractivity contribution in [3.05, 3.63) is 417 Å². The molecule has 22 rings (SSSR count). The maximum Gasteiger partial charge on any atom is 0.119 e.